The van der Waals surface area contributed by atoms with Crippen molar-refractivity contribution in [1.82, 2.24) is 19.5 Å². The summed E-state index contributed by atoms with van der Waals surface area (Å²) in [5.74, 6) is 1.94. The molecule has 0 saturated heterocycles. The molecule has 0 N–H and O–H groups in total. The fourth-order valence-corrected chi connectivity index (χ4v) is 9.58. The van der Waals surface area contributed by atoms with Gasteiger partial charge in [-0.1, -0.05) is 182 Å². The van der Waals surface area contributed by atoms with Crippen molar-refractivity contribution in [2.75, 3.05) is 0 Å². The normalized spacial score (nSPS) is 14.9. The molecule has 0 amide bonds. The van der Waals surface area contributed by atoms with Crippen LogP contribution >= 0.6 is 0 Å². The zero-order valence-corrected chi connectivity index (χ0v) is 30.3. The Labute approximate surface area is 324 Å². The summed E-state index contributed by atoms with van der Waals surface area (Å²) in [6.07, 6.45) is 0. The lowest BCUT2D eigenvalue weighted by Gasteiger charge is -2.39. The van der Waals surface area contributed by atoms with Crippen LogP contribution in [0.25, 0.3) is 83.9 Å². The van der Waals surface area contributed by atoms with E-state index in [0.717, 1.165) is 27.8 Å². The first-order chi connectivity index (χ1) is 27.8. The predicted octanol–water partition coefficient (Wildman–Crippen LogP) is 12.3. The first kappa shape index (κ1) is 31.0. The Kier molecular flexibility index (Phi) is 6.52. The third-order valence-corrected chi connectivity index (χ3v) is 11.9. The van der Waals surface area contributed by atoms with Gasteiger partial charge in [-0.05, 0) is 56.6 Å². The molecule has 0 radical (unpaired) electrons. The SMILES string of the molecule is c1ccc(-c2ccc(-c3nc(-c4ccccc4)nc(-c4cccc5c4-c4ccccc4C54c5ccccc5-n5c6ccccc6c6cccc4c65)n3)cc2)cc1. The average molecular weight is 713 g/mol. The van der Waals surface area contributed by atoms with Crippen LogP contribution in [0.2, 0.25) is 0 Å². The Bertz CT molecular complexity index is 3180. The van der Waals surface area contributed by atoms with Gasteiger partial charge in [0.15, 0.2) is 17.5 Å². The van der Waals surface area contributed by atoms with E-state index in [1.54, 1.807) is 0 Å². The minimum Gasteiger partial charge on any atom is -0.309 e. The van der Waals surface area contributed by atoms with E-state index >= 15 is 0 Å². The summed E-state index contributed by atoms with van der Waals surface area (Å²) in [7, 11) is 0. The molecule has 2 aromatic heterocycles. The fraction of sp³-hybridized carbons (Fsp3) is 0.0192. The highest BCUT2D eigenvalue weighted by atomic mass is 15.0. The van der Waals surface area contributed by atoms with Crippen LogP contribution in [0.5, 0.6) is 0 Å². The van der Waals surface area contributed by atoms with Crippen molar-refractivity contribution in [3.63, 3.8) is 0 Å². The smallest absolute Gasteiger partial charge is 0.164 e. The Morgan fingerprint density at radius 2 is 0.857 bits per heavy atom. The number of rotatable bonds is 4. The molecule has 1 atom stereocenters. The van der Waals surface area contributed by atoms with Gasteiger partial charge in [-0.25, -0.2) is 15.0 Å². The summed E-state index contributed by atoms with van der Waals surface area (Å²) >= 11 is 0. The van der Waals surface area contributed by atoms with Gasteiger partial charge in [-0.15, -0.1) is 0 Å². The van der Waals surface area contributed by atoms with Crippen molar-refractivity contribution in [1.29, 1.82) is 0 Å². The monoisotopic (exact) mass is 712 g/mol. The summed E-state index contributed by atoms with van der Waals surface area (Å²) in [6, 6.07) is 69.5. The van der Waals surface area contributed by atoms with Crippen molar-refractivity contribution in [2.24, 2.45) is 0 Å². The van der Waals surface area contributed by atoms with Gasteiger partial charge in [0, 0.05) is 27.5 Å². The molecule has 8 aromatic carbocycles. The second-order valence-corrected chi connectivity index (χ2v) is 14.7. The number of nitrogens with zero attached hydrogens (tertiary/aromatic N) is 4. The summed E-state index contributed by atoms with van der Waals surface area (Å²) in [6.45, 7) is 0. The zero-order valence-electron chi connectivity index (χ0n) is 30.3. The van der Waals surface area contributed by atoms with Crippen LogP contribution in [0.1, 0.15) is 22.3 Å². The molecule has 12 rings (SSSR count). The Morgan fingerprint density at radius 1 is 0.339 bits per heavy atom. The molecule has 0 bridgehead atoms. The zero-order chi connectivity index (χ0) is 36.8. The number of benzene rings is 8. The van der Waals surface area contributed by atoms with E-state index in [4.69, 9.17) is 15.0 Å². The minimum atomic E-state index is -0.562. The second kappa shape index (κ2) is 11.8. The molecule has 56 heavy (non-hydrogen) atoms. The molecular formula is C52H32N4. The van der Waals surface area contributed by atoms with E-state index in [-0.39, 0.29) is 0 Å². The van der Waals surface area contributed by atoms with E-state index in [1.807, 2.05) is 24.3 Å². The fourth-order valence-electron chi connectivity index (χ4n) is 9.58. The highest BCUT2D eigenvalue weighted by Gasteiger charge is 2.51. The van der Waals surface area contributed by atoms with Gasteiger partial charge in [-0.3, -0.25) is 0 Å². The molecule has 4 nitrogen and oxygen atoms in total. The lowest BCUT2D eigenvalue weighted by Crippen LogP contribution is -2.33. The van der Waals surface area contributed by atoms with E-state index in [1.165, 1.54) is 60.9 Å². The van der Waals surface area contributed by atoms with Crippen molar-refractivity contribution < 1.29 is 0 Å². The van der Waals surface area contributed by atoms with Gasteiger partial charge in [0.25, 0.3) is 0 Å². The van der Waals surface area contributed by atoms with Gasteiger partial charge in [-0.2, -0.15) is 0 Å². The topological polar surface area (TPSA) is 43.6 Å². The minimum absolute atomic E-state index is 0.562. The molecule has 4 heteroatoms. The van der Waals surface area contributed by atoms with E-state index in [9.17, 15) is 0 Å². The van der Waals surface area contributed by atoms with Gasteiger partial charge < -0.3 is 4.57 Å². The first-order valence-electron chi connectivity index (χ1n) is 19.1. The van der Waals surface area contributed by atoms with Gasteiger partial charge in [0.05, 0.1) is 22.1 Å². The molecule has 0 saturated carbocycles. The summed E-state index contributed by atoms with van der Waals surface area (Å²) in [5.41, 5.74) is 15.8. The third-order valence-electron chi connectivity index (χ3n) is 11.9. The molecule has 2 aliphatic rings. The van der Waals surface area contributed by atoms with Crippen LogP contribution in [0.3, 0.4) is 0 Å². The van der Waals surface area contributed by atoms with Crippen LogP contribution in [0.4, 0.5) is 0 Å². The number of fused-ring (bicyclic) bond motifs is 12. The molecular weight excluding hydrogens is 681 g/mol. The van der Waals surface area contributed by atoms with Crippen LogP contribution in [-0.4, -0.2) is 19.5 Å². The first-order valence-corrected chi connectivity index (χ1v) is 19.1. The van der Waals surface area contributed by atoms with E-state index < -0.39 is 5.41 Å². The van der Waals surface area contributed by atoms with Gasteiger partial charge in [0.1, 0.15) is 0 Å². The summed E-state index contributed by atoms with van der Waals surface area (Å²) < 4.78 is 2.48. The molecule has 10 aromatic rings. The molecule has 260 valence electrons. The highest BCUT2D eigenvalue weighted by Crippen LogP contribution is 2.62. The average Bonchev–Trinajstić information content (AvgIpc) is 3.78. The standard InChI is InChI=1S/C52H32N4/c1-3-15-33(16-4-1)34-29-31-36(32-30-34)50-53-49(35-17-5-2-6-18-35)54-51(55-50)40-22-14-25-43-47(40)39-20-7-9-23-41(39)52(43)42-24-10-12-28-46(42)56-45-27-11-8-19-37(45)38-21-13-26-44(52)48(38)56/h1-32H. The number of hydrogen-bond donors (Lipinski definition) is 0. The molecule has 1 spiro atoms. The second-order valence-electron chi connectivity index (χ2n) is 14.7. The Morgan fingerprint density at radius 3 is 1.66 bits per heavy atom. The van der Waals surface area contributed by atoms with Crippen LogP contribution in [0, 0.1) is 0 Å². The van der Waals surface area contributed by atoms with Crippen molar-refractivity contribution in [3.05, 3.63) is 216 Å². The van der Waals surface area contributed by atoms with Crippen LogP contribution < -0.4 is 0 Å². The van der Waals surface area contributed by atoms with E-state index in [0.29, 0.717) is 17.5 Å². The Balaban J connectivity index is 1.14. The summed E-state index contributed by atoms with van der Waals surface area (Å²) in [4.78, 5) is 15.7. The number of para-hydroxylation sites is 3. The van der Waals surface area contributed by atoms with Gasteiger partial charge in [0.2, 0.25) is 0 Å². The molecule has 1 aliphatic carbocycles. The summed E-state index contributed by atoms with van der Waals surface area (Å²) in [5, 5.41) is 2.53. The maximum atomic E-state index is 5.31. The maximum Gasteiger partial charge on any atom is 0.164 e. The van der Waals surface area contributed by atoms with Gasteiger partial charge >= 0.3 is 0 Å². The predicted molar refractivity (Wildman–Crippen MR) is 227 cm³/mol. The van der Waals surface area contributed by atoms with Crippen molar-refractivity contribution in [2.45, 2.75) is 5.41 Å². The molecule has 1 unspecified atom stereocenters. The lowest BCUT2D eigenvalue weighted by molar-refractivity contribution is 0.748. The van der Waals surface area contributed by atoms with Crippen LogP contribution in [-0.2, 0) is 5.41 Å². The largest absolute Gasteiger partial charge is 0.309 e. The number of aromatic nitrogens is 4. The molecule has 0 fully saturated rings. The van der Waals surface area contributed by atoms with Crippen LogP contribution in [0.15, 0.2) is 194 Å². The maximum absolute atomic E-state index is 5.31. The highest BCUT2D eigenvalue weighted by molar-refractivity contribution is 6.13. The van der Waals surface area contributed by atoms with Crippen molar-refractivity contribution >= 4 is 21.8 Å². The quantitative estimate of drug-likeness (QED) is 0.182. The molecule has 1 aliphatic heterocycles. The molecule has 3 heterocycles. The van der Waals surface area contributed by atoms with Crippen molar-refractivity contribution in [3.8, 4) is 62.1 Å². The lowest BCUT2D eigenvalue weighted by atomic mass is 9.65. The number of hydrogen-bond acceptors (Lipinski definition) is 3. The Hall–Kier alpha value is -7.43. The van der Waals surface area contributed by atoms with E-state index in [2.05, 4.69) is 174 Å². The third kappa shape index (κ3) is 4.21.